The fourth-order valence-electron chi connectivity index (χ4n) is 3.34. The highest BCUT2D eigenvalue weighted by Gasteiger charge is 2.12. The SMILES string of the molecule is Oc1ccc(Cl)cc1C=Nc1ccc2oc(-c3cccc4c(Cl)cccc34)nc2c1. The molecular formula is C24H14Cl2N2O2. The molecule has 146 valence electrons. The van der Waals surface area contributed by atoms with Crippen LogP contribution in [0.5, 0.6) is 5.75 Å². The molecule has 0 radical (unpaired) electrons. The number of phenols is 1. The maximum absolute atomic E-state index is 9.93. The van der Waals surface area contributed by atoms with Crippen molar-refractivity contribution in [2.75, 3.05) is 0 Å². The first-order valence-corrected chi connectivity index (χ1v) is 9.95. The molecular weight excluding hydrogens is 419 g/mol. The lowest BCUT2D eigenvalue weighted by Crippen LogP contribution is -1.82. The number of nitrogens with zero attached hydrogens (tertiary/aromatic N) is 2. The molecule has 6 heteroatoms. The van der Waals surface area contributed by atoms with Crippen molar-refractivity contribution >= 4 is 57.0 Å². The molecule has 0 bridgehead atoms. The number of aromatic hydroxyl groups is 1. The van der Waals surface area contributed by atoms with Crippen molar-refractivity contribution in [1.29, 1.82) is 0 Å². The van der Waals surface area contributed by atoms with E-state index in [1.165, 1.54) is 6.07 Å². The average molecular weight is 433 g/mol. The third-order valence-corrected chi connectivity index (χ3v) is 5.38. The normalized spacial score (nSPS) is 11.7. The summed E-state index contributed by atoms with van der Waals surface area (Å²) in [5.41, 5.74) is 3.45. The number of benzene rings is 4. The van der Waals surface area contributed by atoms with E-state index in [0.29, 0.717) is 38.3 Å². The Bertz CT molecular complexity index is 1440. The number of halogens is 2. The van der Waals surface area contributed by atoms with Crippen molar-refractivity contribution in [3.63, 3.8) is 0 Å². The van der Waals surface area contributed by atoms with Gasteiger partial charge in [0, 0.05) is 32.8 Å². The maximum Gasteiger partial charge on any atom is 0.227 e. The van der Waals surface area contributed by atoms with Crippen LogP contribution in [0, 0.1) is 0 Å². The highest BCUT2D eigenvalue weighted by Crippen LogP contribution is 2.34. The molecule has 0 saturated carbocycles. The first-order chi connectivity index (χ1) is 14.6. The summed E-state index contributed by atoms with van der Waals surface area (Å²) in [5.74, 6) is 0.633. The molecule has 0 aliphatic rings. The monoisotopic (exact) mass is 432 g/mol. The van der Waals surface area contributed by atoms with Crippen LogP contribution in [0.2, 0.25) is 10.0 Å². The fraction of sp³-hybridized carbons (Fsp3) is 0. The number of oxazole rings is 1. The molecule has 5 aromatic rings. The lowest BCUT2D eigenvalue weighted by Gasteiger charge is -2.04. The van der Waals surface area contributed by atoms with Crippen molar-refractivity contribution in [2.24, 2.45) is 4.99 Å². The van der Waals surface area contributed by atoms with Crippen LogP contribution in [0.25, 0.3) is 33.3 Å². The van der Waals surface area contributed by atoms with Gasteiger partial charge in [0.05, 0.1) is 5.69 Å². The van der Waals surface area contributed by atoms with Crippen LogP contribution in [0.1, 0.15) is 5.56 Å². The summed E-state index contributed by atoms with van der Waals surface area (Å²) < 4.78 is 5.99. The average Bonchev–Trinajstić information content (AvgIpc) is 3.17. The molecule has 0 unspecified atom stereocenters. The van der Waals surface area contributed by atoms with Gasteiger partial charge in [-0.05, 0) is 53.9 Å². The molecule has 0 aliphatic carbocycles. The van der Waals surface area contributed by atoms with Crippen LogP contribution < -0.4 is 0 Å². The number of hydrogen-bond acceptors (Lipinski definition) is 4. The van der Waals surface area contributed by atoms with Gasteiger partial charge in [-0.15, -0.1) is 0 Å². The topological polar surface area (TPSA) is 58.6 Å². The van der Waals surface area contributed by atoms with Crippen molar-refractivity contribution < 1.29 is 9.52 Å². The van der Waals surface area contributed by atoms with Crippen LogP contribution in [0.3, 0.4) is 0 Å². The summed E-state index contributed by atoms with van der Waals surface area (Å²) in [5, 5.41) is 13.1. The lowest BCUT2D eigenvalue weighted by molar-refractivity contribution is 0.474. The van der Waals surface area contributed by atoms with Gasteiger partial charge >= 0.3 is 0 Å². The third-order valence-electron chi connectivity index (χ3n) is 4.81. The molecule has 0 saturated heterocycles. The molecule has 1 heterocycles. The lowest BCUT2D eigenvalue weighted by atomic mass is 10.0. The molecule has 30 heavy (non-hydrogen) atoms. The van der Waals surface area contributed by atoms with E-state index in [2.05, 4.69) is 9.98 Å². The largest absolute Gasteiger partial charge is 0.507 e. The highest BCUT2D eigenvalue weighted by atomic mass is 35.5. The summed E-state index contributed by atoms with van der Waals surface area (Å²) in [7, 11) is 0. The standard InChI is InChI=1S/C24H14Cl2N2O2/c25-15-7-9-22(29)14(11-15)13-27-16-8-10-23-21(12-16)28-24(30-23)19-5-1-4-18-17(19)3-2-6-20(18)26/h1-13,29H. The van der Waals surface area contributed by atoms with Crippen LogP contribution in [-0.4, -0.2) is 16.3 Å². The number of phenolic OH excluding ortho intramolecular Hbond substituents is 1. The van der Waals surface area contributed by atoms with E-state index < -0.39 is 0 Å². The van der Waals surface area contributed by atoms with Crippen molar-refractivity contribution in [1.82, 2.24) is 4.98 Å². The Kier molecular flexibility index (Phi) is 4.66. The van der Waals surface area contributed by atoms with E-state index in [1.807, 2.05) is 54.6 Å². The van der Waals surface area contributed by atoms with E-state index >= 15 is 0 Å². The van der Waals surface area contributed by atoms with E-state index in [1.54, 1.807) is 18.3 Å². The zero-order valence-electron chi connectivity index (χ0n) is 15.5. The Hall–Kier alpha value is -3.34. The zero-order valence-corrected chi connectivity index (χ0v) is 17.0. The summed E-state index contributed by atoms with van der Waals surface area (Å²) in [4.78, 5) is 9.09. The first-order valence-electron chi connectivity index (χ1n) is 9.19. The molecule has 0 fully saturated rings. The minimum Gasteiger partial charge on any atom is -0.507 e. The Morgan fingerprint density at radius 1 is 0.900 bits per heavy atom. The molecule has 1 aromatic heterocycles. The summed E-state index contributed by atoms with van der Waals surface area (Å²) >= 11 is 12.3. The van der Waals surface area contributed by atoms with Gasteiger partial charge in [0.25, 0.3) is 0 Å². The minimum absolute atomic E-state index is 0.113. The second kappa shape index (κ2) is 7.48. The van der Waals surface area contributed by atoms with Crippen LogP contribution in [-0.2, 0) is 0 Å². The highest BCUT2D eigenvalue weighted by molar-refractivity contribution is 6.35. The van der Waals surface area contributed by atoms with E-state index in [9.17, 15) is 5.11 Å². The van der Waals surface area contributed by atoms with Crippen LogP contribution in [0.15, 0.2) is 82.2 Å². The zero-order chi connectivity index (χ0) is 20.7. The predicted octanol–water partition coefficient (Wildman–Crippen LogP) is 7.41. The summed E-state index contributed by atoms with van der Waals surface area (Å²) in [6.07, 6.45) is 1.57. The Morgan fingerprint density at radius 2 is 1.73 bits per heavy atom. The quantitative estimate of drug-likeness (QED) is 0.302. The number of fused-ring (bicyclic) bond motifs is 2. The number of hydrogen-bond donors (Lipinski definition) is 1. The van der Waals surface area contributed by atoms with Gasteiger partial charge < -0.3 is 9.52 Å². The third kappa shape index (κ3) is 3.41. The number of rotatable bonds is 3. The van der Waals surface area contributed by atoms with Crippen LogP contribution in [0.4, 0.5) is 5.69 Å². The van der Waals surface area contributed by atoms with Gasteiger partial charge in [-0.2, -0.15) is 0 Å². The minimum atomic E-state index is 0.113. The number of aromatic nitrogens is 1. The Balaban J connectivity index is 1.54. The molecule has 0 spiro atoms. The molecule has 0 amide bonds. The summed E-state index contributed by atoms with van der Waals surface area (Å²) in [6.45, 7) is 0. The van der Waals surface area contributed by atoms with Crippen molar-refractivity contribution in [3.05, 3.63) is 88.4 Å². The predicted molar refractivity (Wildman–Crippen MR) is 122 cm³/mol. The Morgan fingerprint density at radius 3 is 2.63 bits per heavy atom. The van der Waals surface area contributed by atoms with Gasteiger partial charge in [0.1, 0.15) is 11.3 Å². The van der Waals surface area contributed by atoms with Gasteiger partial charge in [-0.1, -0.05) is 47.5 Å². The van der Waals surface area contributed by atoms with Gasteiger partial charge in [0.2, 0.25) is 5.89 Å². The van der Waals surface area contributed by atoms with Gasteiger partial charge in [0.15, 0.2) is 5.58 Å². The smallest absolute Gasteiger partial charge is 0.227 e. The van der Waals surface area contributed by atoms with Gasteiger partial charge in [-0.25, -0.2) is 4.98 Å². The van der Waals surface area contributed by atoms with Crippen molar-refractivity contribution in [2.45, 2.75) is 0 Å². The second-order valence-corrected chi connectivity index (χ2v) is 7.62. The molecule has 0 aliphatic heterocycles. The molecule has 4 aromatic carbocycles. The fourth-order valence-corrected chi connectivity index (χ4v) is 3.76. The van der Waals surface area contributed by atoms with Crippen molar-refractivity contribution in [3.8, 4) is 17.2 Å². The van der Waals surface area contributed by atoms with Gasteiger partial charge in [-0.3, -0.25) is 4.99 Å². The molecule has 4 nitrogen and oxygen atoms in total. The van der Waals surface area contributed by atoms with Crippen LogP contribution >= 0.6 is 23.2 Å². The molecule has 0 atom stereocenters. The molecule has 1 N–H and O–H groups in total. The van der Waals surface area contributed by atoms with E-state index in [4.69, 9.17) is 27.6 Å². The maximum atomic E-state index is 9.93. The summed E-state index contributed by atoms with van der Waals surface area (Å²) in [6, 6.07) is 21.9. The Labute approximate surface area is 182 Å². The molecule has 5 rings (SSSR count). The van der Waals surface area contributed by atoms with E-state index in [0.717, 1.165) is 16.3 Å². The first kappa shape index (κ1) is 18.7. The number of aliphatic imine (C=N–C) groups is 1. The van der Waals surface area contributed by atoms with E-state index in [-0.39, 0.29) is 5.75 Å². The second-order valence-electron chi connectivity index (χ2n) is 6.77.